The van der Waals surface area contributed by atoms with Crippen molar-refractivity contribution in [1.29, 1.82) is 0 Å². The first-order valence-corrected chi connectivity index (χ1v) is 5.50. The van der Waals surface area contributed by atoms with Gasteiger partial charge in [0.2, 0.25) is 0 Å². The van der Waals surface area contributed by atoms with Crippen molar-refractivity contribution in [2.24, 2.45) is 0 Å². The zero-order valence-electron chi connectivity index (χ0n) is 9.01. The molecule has 0 saturated heterocycles. The molecule has 1 amide bonds. The van der Waals surface area contributed by atoms with Crippen molar-refractivity contribution in [3.05, 3.63) is 29.3 Å². The van der Waals surface area contributed by atoms with E-state index >= 15 is 0 Å². The molecule has 0 bridgehead atoms. The number of anilines is 2. The number of methoxy groups -OCH3 is 1. The normalized spacial score (nSPS) is 9.94. The zero-order valence-corrected chi connectivity index (χ0v) is 9.82. The topological polar surface area (TPSA) is 90.1 Å². The van der Waals surface area contributed by atoms with Gasteiger partial charge in [0.15, 0.2) is 0 Å². The number of nitrogens with one attached hydrogen (secondary N) is 1. The second-order valence-corrected chi connectivity index (χ2v) is 3.98. The molecule has 2 aromatic rings. The third kappa shape index (κ3) is 2.51. The lowest BCUT2D eigenvalue weighted by Crippen LogP contribution is -2.11. The fourth-order valence-corrected chi connectivity index (χ4v) is 1.67. The Morgan fingerprint density at radius 3 is 3.00 bits per heavy atom. The average molecular weight is 250 g/mol. The SMILES string of the molecule is COc1cc(N)ccc1NC(=O)c1cnns1. The molecule has 0 atom stereocenters. The van der Waals surface area contributed by atoms with Crippen molar-refractivity contribution in [1.82, 2.24) is 9.59 Å². The van der Waals surface area contributed by atoms with Crippen LogP contribution in [0, 0.1) is 0 Å². The van der Waals surface area contributed by atoms with E-state index in [0.717, 1.165) is 11.5 Å². The van der Waals surface area contributed by atoms with Crippen LogP contribution in [0.15, 0.2) is 24.4 Å². The minimum atomic E-state index is -0.275. The molecule has 0 fully saturated rings. The molecule has 1 heterocycles. The van der Waals surface area contributed by atoms with E-state index in [0.29, 0.717) is 22.0 Å². The van der Waals surface area contributed by atoms with E-state index in [1.54, 1.807) is 18.2 Å². The standard InChI is InChI=1S/C10H10N4O2S/c1-16-8-4-6(11)2-3-7(8)13-10(15)9-5-12-14-17-9/h2-5H,11H2,1H3,(H,13,15). The van der Waals surface area contributed by atoms with Crippen LogP contribution in [-0.2, 0) is 0 Å². The van der Waals surface area contributed by atoms with Crippen LogP contribution in [0.25, 0.3) is 0 Å². The largest absolute Gasteiger partial charge is 0.494 e. The zero-order chi connectivity index (χ0) is 12.3. The lowest BCUT2D eigenvalue weighted by atomic mass is 10.2. The molecule has 0 unspecified atom stereocenters. The van der Waals surface area contributed by atoms with E-state index in [-0.39, 0.29) is 5.91 Å². The van der Waals surface area contributed by atoms with Crippen LogP contribution in [-0.4, -0.2) is 22.6 Å². The van der Waals surface area contributed by atoms with Gasteiger partial charge in [-0.1, -0.05) is 4.49 Å². The van der Waals surface area contributed by atoms with Gasteiger partial charge in [0.25, 0.3) is 5.91 Å². The highest BCUT2D eigenvalue weighted by atomic mass is 32.1. The first kappa shape index (κ1) is 11.3. The minimum Gasteiger partial charge on any atom is -0.494 e. The number of hydrogen-bond acceptors (Lipinski definition) is 6. The summed E-state index contributed by atoms with van der Waals surface area (Å²) in [7, 11) is 1.51. The van der Waals surface area contributed by atoms with E-state index in [2.05, 4.69) is 14.9 Å². The van der Waals surface area contributed by atoms with E-state index in [9.17, 15) is 4.79 Å². The van der Waals surface area contributed by atoms with Crippen LogP contribution in [0.1, 0.15) is 9.67 Å². The summed E-state index contributed by atoms with van der Waals surface area (Å²) >= 11 is 1.03. The van der Waals surface area contributed by atoms with Gasteiger partial charge in [-0.3, -0.25) is 4.79 Å². The van der Waals surface area contributed by atoms with E-state index in [1.807, 2.05) is 0 Å². The number of benzene rings is 1. The quantitative estimate of drug-likeness (QED) is 0.803. The third-order valence-corrected chi connectivity index (χ3v) is 2.72. The Morgan fingerprint density at radius 2 is 2.35 bits per heavy atom. The van der Waals surface area contributed by atoms with Crippen molar-refractivity contribution in [3.63, 3.8) is 0 Å². The number of amides is 1. The van der Waals surface area contributed by atoms with Crippen molar-refractivity contribution in [2.75, 3.05) is 18.2 Å². The molecule has 7 heteroatoms. The monoisotopic (exact) mass is 250 g/mol. The van der Waals surface area contributed by atoms with Gasteiger partial charge in [-0.2, -0.15) is 0 Å². The van der Waals surface area contributed by atoms with Crippen LogP contribution in [0.4, 0.5) is 11.4 Å². The first-order valence-electron chi connectivity index (χ1n) is 4.73. The number of hydrogen-bond donors (Lipinski definition) is 2. The number of nitrogen functional groups attached to an aromatic ring is 1. The van der Waals surface area contributed by atoms with Gasteiger partial charge in [-0.25, -0.2) is 0 Å². The van der Waals surface area contributed by atoms with Crippen molar-refractivity contribution >= 4 is 28.8 Å². The summed E-state index contributed by atoms with van der Waals surface area (Å²) in [5.41, 5.74) is 6.74. The molecular formula is C10H10N4O2S. The van der Waals surface area contributed by atoms with E-state index < -0.39 is 0 Å². The van der Waals surface area contributed by atoms with Gasteiger partial charge >= 0.3 is 0 Å². The van der Waals surface area contributed by atoms with Gasteiger partial charge in [-0.15, -0.1) is 5.10 Å². The van der Waals surface area contributed by atoms with Crippen LogP contribution < -0.4 is 15.8 Å². The molecule has 2 rings (SSSR count). The summed E-state index contributed by atoms with van der Waals surface area (Å²) in [4.78, 5) is 12.2. The van der Waals surface area contributed by atoms with Crippen molar-refractivity contribution in [3.8, 4) is 5.75 Å². The molecule has 17 heavy (non-hydrogen) atoms. The highest BCUT2D eigenvalue weighted by Gasteiger charge is 2.11. The van der Waals surface area contributed by atoms with Gasteiger partial charge in [-0.05, 0) is 23.7 Å². The molecule has 88 valence electrons. The molecule has 0 saturated carbocycles. The van der Waals surface area contributed by atoms with Gasteiger partial charge < -0.3 is 15.8 Å². The van der Waals surface area contributed by atoms with Gasteiger partial charge in [0.05, 0.1) is 19.0 Å². The molecule has 1 aromatic heterocycles. The number of rotatable bonds is 3. The minimum absolute atomic E-state index is 0.275. The van der Waals surface area contributed by atoms with Crippen LogP contribution in [0.2, 0.25) is 0 Å². The van der Waals surface area contributed by atoms with Crippen molar-refractivity contribution in [2.45, 2.75) is 0 Å². The van der Waals surface area contributed by atoms with Crippen LogP contribution in [0.5, 0.6) is 5.75 Å². The Bertz CT molecular complexity index is 527. The van der Waals surface area contributed by atoms with E-state index in [4.69, 9.17) is 10.5 Å². The summed E-state index contributed by atoms with van der Waals surface area (Å²) in [5.74, 6) is 0.235. The Balaban J connectivity index is 2.21. The third-order valence-electron chi connectivity index (χ3n) is 2.06. The highest BCUT2D eigenvalue weighted by Crippen LogP contribution is 2.27. The first-order chi connectivity index (χ1) is 8.20. The second-order valence-electron chi connectivity index (χ2n) is 3.20. The molecule has 0 aliphatic heterocycles. The maximum Gasteiger partial charge on any atom is 0.269 e. The molecule has 1 aromatic carbocycles. The summed E-state index contributed by atoms with van der Waals surface area (Å²) in [5, 5.41) is 6.30. The predicted octanol–water partition coefficient (Wildman–Crippen LogP) is 1.38. The molecule has 0 aliphatic rings. The molecular weight excluding hydrogens is 240 g/mol. The molecule has 3 N–H and O–H groups in total. The van der Waals surface area contributed by atoms with Crippen LogP contribution >= 0.6 is 11.5 Å². The molecule has 0 radical (unpaired) electrons. The highest BCUT2D eigenvalue weighted by molar-refractivity contribution is 7.07. The van der Waals surface area contributed by atoms with E-state index in [1.165, 1.54) is 13.3 Å². The Kier molecular flexibility index (Phi) is 3.20. The maximum atomic E-state index is 11.8. The maximum absolute atomic E-state index is 11.8. The molecule has 0 spiro atoms. The number of nitrogens with zero attached hydrogens (tertiary/aromatic N) is 2. The van der Waals surface area contributed by atoms with Gasteiger partial charge in [0.1, 0.15) is 10.6 Å². The molecule has 6 nitrogen and oxygen atoms in total. The number of carbonyl (C=O) groups excluding carboxylic acids is 1. The number of carbonyl (C=O) groups is 1. The number of ether oxygens (including phenoxy) is 1. The summed E-state index contributed by atoms with van der Waals surface area (Å²) in [6.45, 7) is 0. The van der Waals surface area contributed by atoms with Crippen molar-refractivity contribution < 1.29 is 9.53 Å². The summed E-state index contributed by atoms with van der Waals surface area (Å²) < 4.78 is 8.74. The smallest absolute Gasteiger partial charge is 0.269 e. The second kappa shape index (κ2) is 4.79. The van der Waals surface area contributed by atoms with Gasteiger partial charge in [0, 0.05) is 11.8 Å². The summed E-state index contributed by atoms with van der Waals surface area (Å²) in [6, 6.07) is 5.00. The average Bonchev–Trinajstić information content (AvgIpc) is 2.85. The fourth-order valence-electron chi connectivity index (χ4n) is 1.26. The summed E-state index contributed by atoms with van der Waals surface area (Å²) in [6.07, 6.45) is 1.41. The fraction of sp³-hybridized carbons (Fsp3) is 0.100. The lowest BCUT2D eigenvalue weighted by molar-refractivity contribution is 0.103. The Labute approximate surface area is 102 Å². The number of aromatic nitrogens is 2. The predicted molar refractivity (Wildman–Crippen MR) is 65.3 cm³/mol. The Morgan fingerprint density at radius 1 is 1.53 bits per heavy atom. The number of nitrogens with two attached hydrogens (primary N) is 1. The van der Waals surface area contributed by atoms with Crippen LogP contribution in [0.3, 0.4) is 0 Å². The molecule has 0 aliphatic carbocycles. The lowest BCUT2D eigenvalue weighted by Gasteiger charge is -2.09. The Hall–Kier alpha value is -2.15.